The molecule has 1 aromatic heterocycles. The lowest BCUT2D eigenvalue weighted by molar-refractivity contribution is 0.218. The van der Waals surface area contributed by atoms with E-state index in [0.29, 0.717) is 13.0 Å². The highest BCUT2D eigenvalue weighted by atomic mass is 16.3. The molecule has 0 saturated heterocycles. The summed E-state index contributed by atoms with van der Waals surface area (Å²) < 4.78 is 1.94. The maximum atomic E-state index is 12.1. The van der Waals surface area contributed by atoms with Gasteiger partial charge >= 0.3 is 6.03 Å². The van der Waals surface area contributed by atoms with Crippen molar-refractivity contribution in [3.63, 3.8) is 0 Å². The third-order valence-corrected chi connectivity index (χ3v) is 3.81. The highest BCUT2D eigenvalue weighted by molar-refractivity contribution is 5.89. The summed E-state index contributed by atoms with van der Waals surface area (Å²) in [6, 6.07) is 9.47. The molecule has 0 bridgehead atoms. The van der Waals surface area contributed by atoms with Crippen LogP contribution in [0.15, 0.2) is 30.3 Å². The Morgan fingerprint density at radius 2 is 2.04 bits per heavy atom. The average molecular weight is 330 g/mol. The maximum Gasteiger partial charge on any atom is 0.319 e. The van der Waals surface area contributed by atoms with Crippen LogP contribution in [0.4, 0.5) is 10.5 Å². The van der Waals surface area contributed by atoms with E-state index < -0.39 is 5.54 Å². The number of amides is 2. The smallest absolute Gasteiger partial charge is 0.319 e. The maximum absolute atomic E-state index is 12.1. The first-order valence-corrected chi connectivity index (χ1v) is 8.09. The van der Waals surface area contributed by atoms with Crippen LogP contribution in [-0.2, 0) is 6.54 Å². The molecule has 0 atom stereocenters. The molecule has 0 saturated carbocycles. The summed E-state index contributed by atoms with van der Waals surface area (Å²) >= 11 is 0. The number of anilines is 1. The van der Waals surface area contributed by atoms with E-state index in [1.54, 1.807) is 0 Å². The molecule has 1 aromatic carbocycles. The molecule has 0 aliphatic carbocycles. The molecule has 0 unspecified atom stereocenters. The standard InChI is InChI=1S/C18H26N4O2/c1-13-10-14(2)22(21-13)12-15-6-5-7-16(11-15)19-17(24)20-18(3,4)8-9-23/h5-7,10-11,23H,8-9,12H2,1-4H3,(H2,19,20,24). The minimum absolute atomic E-state index is 0.0331. The van der Waals surface area contributed by atoms with Gasteiger partial charge in [-0.15, -0.1) is 0 Å². The van der Waals surface area contributed by atoms with Gasteiger partial charge < -0.3 is 15.7 Å². The van der Waals surface area contributed by atoms with Crippen molar-refractivity contribution in [1.29, 1.82) is 0 Å². The number of aryl methyl sites for hydroxylation is 2. The van der Waals surface area contributed by atoms with E-state index in [1.165, 1.54) is 0 Å². The first kappa shape index (κ1) is 18.0. The molecule has 24 heavy (non-hydrogen) atoms. The highest BCUT2D eigenvalue weighted by Gasteiger charge is 2.19. The molecule has 0 fully saturated rings. The van der Waals surface area contributed by atoms with Gasteiger partial charge in [0.1, 0.15) is 0 Å². The lowest BCUT2D eigenvalue weighted by Crippen LogP contribution is -2.46. The Morgan fingerprint density at radius 3 is 2.67 bits per heavy atom. The number of carbonyl (C=O) groups excluding carboxylic acids is 1. The fourth-order valence-electron chi connectivity index (χ4n) is 2.57. The molecule has 0 aliphatic heterocycles. The van der Waals surface area contributed by atoms with Crippen LogP contribution in [0.2, 0.25) is 0 Å². The number of nitrogens with one attached hydrogen (secondary N) is 2. The molecular formula is C18H26N4O2. The third-order valence-electron chi connectivity index (χ3n) is 3.81. The lowest BCUT2D eigenvalue weighted by atomic mass is 10.0. The van der Waals surface area contributed by atoms with Crippen LogP contribution >= 0.6 is 0 Å². The Morgan fingerprint density at radius 1 is 1.29 bits per heavy atom. The van der Waals surface area contributed by atoms with E-state index in [4.69, 9.17) is 5.11 Å². The Labute approximate surface area is 142 Å². The molecule has 2 aromatic rings. The zero-order valence-corrected chi connectivity index (χ0v) is 14.8. The molecule has 1 heterocycles. The van der Waals surface area contributed by atoms with Crippen LogP contribution in [-0.4, -0.2) is 33.1 Å². The van der Waals surface area contributed by atoms with E-state index in [9.17, 15) is 4.79 Å². The van der Waals surface area contributed by atoms with Crippen LogP contribution in [0.25, 0.3) is 0 Å². The zero-order chi connectivity index (χ0) is 17.7. The molecule has 2 rings (SSSR count). The number of aliphatic hydroxyl groups is 1. The van der Waals surface area contributed by atoms with Crippen LogP contribution in [0.1, 0.15) is 37.2 Å². The molecule has 0 spiro atoms. The Hall–Kier alpha value is -2.34. The van der Waals surface area contributed by atoms with Crippen molar-refractivity contribution in [3.8, 4) is 0 Å². The number of benzene rings is 1. The Bertz CT molecular complexity index is 707. The van der Waals surface area contributed by atoms with Gasteiger partial charge in [-0.1, -0.05) is 12.1 Å². The van der Waals surface area contributed by atoms with Crippen molar-refractivity contribution in [2.24, 2.45) is 0 Å². The Kier molecular flexibility index (Phi) is 5.62. The van der Waals surface area contributed by atoms with Crippen molar-refractivity contribution < 1.29 is 9.90 Å². The van der Waals surface area contributed by atoms with Gasteiger partial charge in [-0.3, -0.25) is 4.68 Å². The quantitative estimate of drug-likeness (QED) is 0.762. The molecule has 6 nitrogen and oxygen atoms in total. The van der Waals surface area contributed by atoms with E-state index in [0.717, 1.165) is 22.6 Å². The molecular weight excluding hydrogens is 304 g/mol. The summed E-state index contributed by atoms with van der Waals surface area (Å²) in [4.78, 5) is 12.1. The van der Waals surface area contributed by atoms with Gasteiger partial charge in [0.2, 0.25) is 0 Å². The first-order valence-electron chi connectivity index (χ1n) is 8.09. The summed E-state index contributed by atoms with van der Waals surface area (Å²) in [5.74, 6) is 0. The normalized spacial score (nSPS) is 11.4. The van der Waals surface area contributed by atoms with Crippen molar-refractivity contribution in [2.75, 3.05) is 11.9 Å². The summed E-state index contributed by atoms with van der Waals surface area (Å²) in [7, 11) is 0. The van der Waals surface area contributed by atoms with Crippen molar-refractivity contribution in [3.05, 3.63) is 47.3 Å². The molecule has 3 N–H and O–H groups in total. The number of nitrogens with zero attached hydrogens (tertiary/aromatic N) is 2. The second kappa shape index (κ2) is 7.49. The van der Waals surface area contributed by atoms with E-state index in [1.807, 2.05) is 62.7 Å². The van der Waals surface area contributed by atoms with Gasteiger partial charge in [-0.25, -0.2) is 4.79 Å². The predicted molar refractivity (Wildman–Crippen MR) is 95.2 cm³/mol. The van der Waals surface area contributed by atoms with Gasteiger partial charge in [-0.05, 0) is 57.9 Å². The number of hydrogen-bond acceptors (Lipinski definition) is 3. The monoisotopic (exact) mass is 330 g/mol. The number of carbonyl (C=O) groups is 1. The zero-order valence-electron chi connectivity index (χ0n) is 14.8. The van der Waals surface area contributed by atoms with E-state index in [-0.39, 0.29) is 12.6 Å². The minimum atomic E-state index is -0.458. The summed E-state index contributed by atoms with van der Waals surface area (Å²) in [6.45, 7) is 8.45. The summed E-state index contributed by atoms with van der Waals surface area (Å²) in [5.41, 5.74) is 3.43. The molecule has 0 radical (unpaired) electrons. The van der Waals surface area contributed by atoms with Gasteiger partial charge in [0, 0.05) is 23.5 Å². The SMILES string of the molecule is Cc1cc(C)n(Cc2cccc(NC(=O)NC(C)(C)CCO)c2)n1. The average Bonchev–Trinajstić information content (AvgIpc) is 2.76. The molecule has 0 aliphatic rings. The second-order valence-corrected chi connectivity index (χ2v) is 6.72. The molecule has 130 valence electrons. The predicted octanol–water partition coefficient (Wildman–Crippen LogP) is 2.83. The van der Waals surface area contributed by atoms with E-state index in [2.05, 4.69) is 15.7 Å². The minimum Gasteiger partial charge on any atom is -0.396 e. The molecule has 2 amide bonds. The first-order chi connectivity index (χ1) is 11.3. The third kappa shape index (κ3) is 5.09. The van der Waals surface area contributed by atoms with Crippen LogP contribution in [0, 0.1) is 13.8 Å². The number of rotatable bonds is 6. The summed E-state index contributed by atoms with van der Waals surface area (Å²) in [5, 5.41) is 19.2. The topological polar surface area (TPSA) is 79.2 Å². The van der Waals surface area contributed by atoms with Crippen LogP contribution in [0.5, 0.6) is 0 Å². The fourth-order valence-corrected chi connectivity index (χ4v) is 2.57. The van der Waals surface area contributed by atoms with Crippen LogP contribution < -0.4 is 10.6 Å². The van der Waals surface area contributed by atoms with Crippen molar-refractivity contribution in [1.82, 2.24) is 15.1 Å². The highest BCUT2D eigenvalue weighted by Crippen LogP contribution is 2.14. The second-order valence-electron chi connectivity index (χ2n) is 6.72. The van der Waals surface area contributed by atoms with Crippen molar-refractivity contribution in [2.45, 2.75) is 46.2 Å². The number of aromatic nitrogens is 2. The van der Waals surface area contributed by atoms with Gasteiger partial charge in [0.15, 0.2) is 0 Å². The largest absolute Gasteiger partial charge is 0.396 e. The van der Waals surface area contributed by atoms with Crippen LogP contribution in [0.3, 0.4) is 0 Å². The number of urea groups is 1. The van der Waals surface area contributed by atoms with E-state index >= 15 is 0 Å². The Balaban J connectivity index is 2.02. The summed E-state index contributed by atoms with van der Waals surface area (Å²) in [6.07, 6.45) is 0.498. The van der Waals surface area contributed by atoms with Gasteiger partial charge in [0.05, 0.1) is 12.2 Å². The molecule has 6 heteroatoms. The van der Waals surface area contributed by atoms with Crippen molar-refractivity contribution >= 4 is 11.7 Å². The van der Waals surface area contributed by atoms with Gasteiger partial charge in [0.25, 0.3) is 0 Å². The number of hydrogen-bond donors (Lipinski definition) is 3. The number of aliphatic hydroxyl groups excluding tert-OH is 1. The fraction of sp³-hybridized carbons (Fsp3) is 0.444. The lowest BCUT2D eigenvalue weighted by Gasteiger charge is -2.25. The van der Waals surface area contributed by atoms with Gasteiger partial charge in [-0.2, -0.15) is 5.10 Å².